The lowest BCUT2D eigenvalue weighted by atomic mass is 10.0. The quantitative estimate of drug-likeness (QED) is 0.759. The van der Waals surface area contributed by atoms with Gasteiger partial charge in [-0.05, 0) is 29.9 Å². The first-order valence-electron chi connectivity index (χ1n) is 8.47. The first kappa shape index (κ1) is 19.1. The maximum absolute atomic E-state index is 11.9. The maximum Gasteiger partial charge on any atom is 0.413 e. The average molecular weight is 361 g/mol. The molecule has 0 aliphatic rings. The highest BCUT2D eigenvalue weighted by Gasteiger charge is 2.20. The highest BCUT2D eigenvalue weighted by molar-refractivity contribution is 7.10. The molecule has 0 spiro atoms. The molecule has 1 atom stereocenters. The van der Waals surface area contributed by atoms with Gasteiger partial charge in [0.25, 0.3) is 5.91 Å². The van der Waals surface area contributed by atoms with Gasteiger partial charge in [0, 0.05) is 5.56 Å². The van der Waals surface area contributed by atoms with Gasteiger partial charge >= 0.3 is 6.09 Å². The molecule has 1 heterocycles. The Bertz CT molecular complexity index is 668. The zero-order valence-electron chi connectivity index (χ0n) is 14.7. The summed E-state index contributed by atoms with van der Waals surface area (Å²) in [6.07, 6.45) is 2.73. The number of unbranched alkanes of at least 4 members (excludes halogenated alkanes) is 1. The van der Waals surface area contributed by atoms with Crippen LogP contribution in [-0.2, 0) is 16.0 Å². The van der Waals surface area contributed by atoms with Crippen LogP contribution in [0.4, 0.5) is 4.79 Å². The summed E-state index contributed by atoms with van der Waals surface area (Å²) >= 11 is 1.66. The smallest absolute Gasteiger partial charge is 0.413 e. The number of alkyl carbamates (subject to hydrolysis) is 1. The van der Waals surface area contributed by atoms with E-state index in [1.165, 1.54) is 30.4 Å². The number of quaternary nitrogens is 1. The molecule has 134 valence electrons. The van der Waals surface area contributed by atoms with E-state index in [1.54, 1.807) is 11.3 Å². The molecule has 2 rings (SSSR count). The molecule has 2 amide bonds. The Hall–Kier alpha value is -2.18. The zero-order chi connectivity index (χ0) is 18.1. The molecule has 0 bridgehead atoms. The number of ether oxygens (including phenoxy) is 1. The number of hydrogen-bond donors (Lipinski definition) is 2. The lowest BCUT2D eigenvalue weighted by Gasteiger charge is -2.15. The van der Waals surface area contributed by atoms with Gasteiger partial charge in [0.15, 0.2) is 6.54 Å². The number of nitrogens with two attached hydrogens (primary N) is 1. The molecule has 0 aliphatic carbocycles. The number of nitrogens with one attached hydrogen (secondary N) is 1. The molecule has 0 saturated carbocycles. The van der Waals surface area contributed by atoms with Crippen LogP contribution in [0.25, 0.3) is 0 Å². The third-order valence-electron chi connectivity index (χ3n) is 3.97. The van der Waals surface area contributed by atoms with Crippen LogP contribution in [0.15, 0.2) is 41.8 Å². The van der Waals surface area contributed by atoms with Gasteiger partial charge in [0.2, 0.25) is 0 Å². The van der Waals surface area contributed by atoms with Gasteiger partial charge in [-0.2, -0.15) is 0 Å². The Morgan fingerprint density at radius 2 is 2.00 bits per heavy atom. The Kier molecular flexibility index (Phi) is 7.63. The van der Waals surface area contributed by atoms with Crippen LogP contribution in [0.2, 0.25) is 0 Å². The number of amides is 2. The summed E-state index contributed by atoms with van der Waals surface area (Å²) in [6.45, 7) is 2.34. The van der Waals surface area contributed by atoms with Crippen molar-refractivity contribution in [3.8, 4) is 0 Å². The van der Waals surface area contributed by atoms with Crippen LogP contribution < -0.4 is 10.6 Å². The van der Waals surface area contributed by atoms with E-state index in [2.05, 4.69) is 47.3 Å². The molecule has 1 aromatic carbocycles. The summed E-state index contributed by atoms with van der Waals surface area (Å²) in [5.41, 5.74) is 2.48. The molecule has 2 aromatic rings. The first-order chi connectivity index (χ1) is 12.1. The fourth-order valence-electron chi connectivity index (χ4n) is 2.60. The van der Waals surface area contributed by atoms with Crippen molar-refractivity contribution in [3.63, 3.8) is 0 Å². The number of rotatable bonds is 8. The lowest BCUT2D eigenvalue weighted by molar-refractivity contribution is -0.676. The maximum atomic E-state index is 11.9. The third kappa shape index (κ3) is 5.99. The number of thiophene rings is 1. The fourth-order valence-corrected chi connectivity index (χ4v) is 3.45. The van der Waals surface area contributed by atoms with E-state index in [0.29, 0.717) is 0 Å². The van der Waals surface area contributed by atoms with Crippen molar-refractivity contribution in [2.45, 2.75) is 32.2 Å². The number of aryl methyl sites for hydroxylation is 1. The Labute approximate surface area is 152 Å². The number of hydrogen-bond acceptors (Lipinski definition) is 4. The third-order valence-corrected chi connectivity index (χ3v) is 4.93. The van der Waals surface area contributed by atoms with Crippen molar-refractivity contribution < 1.29 is 19.6 Å². The Morgan fingerprint density at radius 3 is 2.60 bits per heavy atom. The molecule has 0 fully saturated rings. The van der Waals surface area contributed by atoms with Crippen LogP contribution >= 0.6 is 11.3 Å². The summed E-state index contributed by atoms with van der Waals surface area (Å²) in [7, 11) is 1.24. The van der Waals surface area contributed by atoms with Crippen molar-refractivity contribution >= 4 is 23.3 Å². The van der Waals surface area contributed by atoms with E-state index in [9.17, 15) is 9.59 Å². The lowest BCUT2D eigenvalue weighted by Crippen LogP contribution is -2.87. The van der Waals surface area contributed by atoms with E-state index in [4.69, 9.17) is 0 Å². The van der Waals surface area contributed by atoms with E-state index in [0.717, 1.165) is 12.0 Å². The van der Waals surface area contributed by atoms with Crippen molar-refractivity contribution in [1.82, 2.24) is 5.32 Å². The van der Waals surface area contributed by atoms with Crippen molar-refractivity contribution in [3.05, 3.63) is 57.8 Å². The van der Waals surface area contributed by atoms with E-state index in [-0.39, 0.29) is 18.5 Å². The van der Waals surface area contributed by atoms with Crippen molar-refractivity contribution in [2.24, 2.45) is 0 Å². The second-order valence-corrected chi connectivity index (χ2v) is 6.80. The highest BCUT2D eigenvalue weighted by atomic mass is 32.1. The SMILES string of the molecule is CCCCc1ccc([C@H]([NH2+]CC(=O)NC(=O)OC)c2cccs2)cc1. The van der Waals surface area contributed by atoms with E-state index < -0.39 is 6.09 Å². The summed E-state index contributed by atoms with van der Waals surface area (Å²) < 4.78 is 4.45. The summed E-state index contributed by atoms with van der Waals surface area (Å²) in [5.74, 6) is -0.368. The molecule has 0 radical (unpaired) electrons. The highest BCUT2D eigenvalue weighted by Crippen LogP contribution is 2.23. The van der Waals surface area contributed by atoms with Gasteiger partial charge in [0.1, 0.15) is 6.04 Å². The standard InChI is InChI=1S/C19H24N2O3S/c1-3-4-6-14-8-10-15(11-9-14)18(16-7-5-12-25-16)20-13-17(22)21-19(23)24-2/h5,7-12,18,20H,3-4,6,13H2,1-2H3,(H,21,22,23)/p+1/t18-/m0/s1. The summed E-state index contributed by atoms with van der Waals surface area (Å²) in [4.78, 5) is 24.1. The summed E-state index contributed by atoms with van der Waals surface area (Å²) in [6, 6.07) is 12.7. The van der Waals surface area contributed by atoms with Crippen molar-refractivity contribution in [1.29, 1.82) is 0 Å². The molecular formula is C19H25N2O3S+. The molecule has 6 heteroatoms. The van der Waals surface area contributed by atoms with Crippen LogP contribution in [0.5, 0.6) is 0 Å². The van der Waals surface area contributed by atoms with Crippen LogP contribution in [-0.4, -0.2) is 25.7 Å². The minimum Gasteiger partial charge on any atom is -0.453 e. The number of carbonyl (C=O) groups excluding carboxylic acids is 2. The molecule has 25 heavy (non-hydrogen) atoms. The number of methoxy groups -OCH3 is 1. The van der Waals surface area contributed by atoms with E-state index in [1.807, 2.05) is 16.8 Å². The average Bonchev–Trinajstić information content (AvgIpc) is 3.15. The number of imide groups is 1. The largest absolute Gasteiger partial charge is 0.453 e. The minimum atomic E-state index is -0.730. The van der Waals surface area contributed by atoms with Gasteiger partial charge < -0.3 is 10.1 Å². The molecular weight excluding hydrogens is 336 g/mol. The van der Waals surface area contributed by atoms with Crippen LogP contribution in [0, 0.1) is 0 Å². The predicted molar refractivity (Wildman–Crippen MR) is 98.6 cm³/mol. The normalized spacial score (nSPS) is 11.8. The monoisotopic (exact) mass is 361 g/mol. The number of benzene rings is 1. The second kappa shape index (κ2) is 9.96. The molecule has 3 N–H and O–H groups in total. The van der Waals surface area contributed by atoms with Gasteiger partial charge in [-0.3, -0.25) is 10.1 Å². The molecule has 5 nitrogen and oxygen atoms in total. The van der Waals surface area contributed by atoms with Crippen molar-refractivity contribution in [2.75, 3.05) is 13.7 Å². The number of carbonyl (C=O) groups is 2. The van der Waals surface area contributed by atoms with Gasteiger partial charge in [-0.1, -0.05) is 43.7 Å². The first-order valence-corrected chi connectivity index (χ1v) is 9.35. The van der Waals surface area contributed by atoms with Crippen LogP contribution in [0.1, 0.15) is 41.8 Å². The van der Waals surface area contributed by atoms with Gasteiger partial charge in [0.05, 0.1) is 12.0 Å². The molecule has 1 aromatic heterocycles. The topological polar surface area (TPSA) is 72.0 Å². The Morgan fingerprint density at radius 1 is 1.24 bits per heavy atom. The molecule has 0 saturated heterocycles. The van der Waals surface area contributed by atoms with Crippen LogP contribution in [0.3, 0.4) is 0 Å². The minimum absolute atomic E-state index is 0.0311. The Balaban J connectivity index is 2.06. The fraction of sp³-hybridized carbons (Fsp3) is 0.368. The van der Waals surface area contributed by atoms with Gasteiger partial charge in [-0.15, -0.1) is 11.3 Å². The second-order valence-electron chi connectivity index (χ2n) is 5.82. The molecule has 0 unspecified atom stereocenters. The van der Waals surface area contributed by atoms with Gasteiger partial charge in [-0.25, -0.2) is 4.79 Å². The zero-order valence-corrected chi connectivity index (χ0v) is 15.5. The predicted octanol–water partition coefficient (Wildman–Crippen LogP) is 2.63. The molecule has 0 aliphatic heterocycles. The van der Waals surface area contributed by atoms with E-state index >= 15 is 0 Å². The summed E-state index contributed by atoms with van der Waals surface area (Å²) in [5, 5.41) is 6.15.